The highest BCUT2D eigenvalue weighted by Crippen LogP contribution is 2.37. The summed E-state index contributed by atoms with van der Waals surface area (Å²) >= 11 is 0. The van der Waals surface area contributed by atoms with Crippen LogP contribution in [0.1, 0.15) is 41.5 Å². The highest BCUT2D eigenvalue weighted by atomic mass is 32.2. The van der Waals surface area contributed by atoms with Crippen LogP contribution in [-0.2, 0) is 9.84 Å². The molecule has 0 fully saturated rings. The van der Waals surface area contributed by atoms with Crippen molar-refractivity contribution < 1.29 is 17.9 Å². The third-order valence-corrected chi connectivity index (χ3v) is 7.05. The Labute approximate surface area is 177 Å². The topological polar surface area (TPSA) is 77.4 Å². The Morgan fingerprint density at radius 1 is 1.00 bits per heavy atom. The number of aromatic nitrogens is 1. The van der Waals surface area contributed by atoms with Crippen LogP contribution in [0.25, 0.3) is 0 Å². The standard InChI is InChI=1S/C23H26N2O4S/c1-15(2)25-17(4)16(3)21(30(27,28)18-11-7-6-8-12-18)22(25)24-23(26)19-13-9-10-14-20(19)29-5/h6-15H,1-5H3,(H,24,26). The number of carbonyl (C=O) groups is 1. The average molecular weight is 427 g/mol. The number of benzene rings is 2. The first-order valence-corrected chi connectivity index (χ1v) is 11.1. The summed E-state index contributed by atoms with van der Waals surface area (Å²) in [7, 11) is -2.36. The number of hydrogen-bond acceptors (Lipinski definition) is 4. The summed E-state index contributed by atoms with van der Waals surface area (Å²) in [6, 6.07) is 15.0. The van der Waals surface area contributed by atoms with E-state index in [4.69, 9.17) is 4.74 Å². The monoisotopic (exact) mass is 426 g/mol. The maximum atomic E-state index is 13.5. The second-order valence-corrected chi connectivity index (χ2v) is 9.21. The van der Waals surface area contributed by atoms with Crippen molar-refractivity contribution in [2.24, 2.45) is 0 Å². The van der Waals surface area contributed by atoms with Crippen LogP contribution in [0.4, 0.5) is 5.82 Å². The molecule has 0 spiro atoms. The number of amides is 1. The summed E-state index contributed by atoms with van der Waals surface area (Å²) < 4.78 is 34.2. The van der Waals surface area contributed by atoms with E-state index in [1.54, 1.807) is 61.5 Å². The first kappa shape index (κ1) is 21.6. The van der Waals surface area contributed by atoms with Gasteiger partial charge in [0.1, 0.15) is 16.5 Å². The van der Waals surface area contributed by atoms with E-state index in [1.807, 2.05) is 25.3 Å². The molecule has 3 rings (SSSR count). The molecule has 0 saturated heterocycles. The molecule has 1 N–H and O–H groups in total. The fourth-order valence-corrected chi connectivity index (χ4v) is 5.32. The normalized spacial score (nSPS) is 11.5. The third-order valence-electron chi connectivity index (χ3n) is 5.12. The first-order valence-electron chi connectivity index (χ1n) is 9.66. The molecular weight excluding hydrogens is 400 g/mol. The van der Waals surface area contributed by atoms with E-state index < -0.39 is 15.7 Å². The number of sulfone groups is 1. The van der Waals surface area contributed by atoms with Gasteiger partial charge in [0.2, 0.25) is 9.84 Å². The lowest BCUT2D eigenvalue weighted by molar-refractivity contribution is 0.102. The average Bonchev–Trinajstić information content (AvgIpc) is 2.98. The van der Waals surface area contributed by atoms with Crippen molar-refractivity contribution in [1.82, 2.24) is 4.57 Å². The van der Waals surface area contributed by atoms with Crippen LogP contribution in [0.3, 0.4) is 0 Å². The summed E-state index contributed by atoms with van der Waals surface area (Å²) in [4.78, 5) is 13.4. The van der Waals surface area contributed by atoms with Crippen LogP contribution >= 0.6 is 0 Å². The Kier molecular flexibility index (Phi) is 6.03. The van der Waals surface area contributed by atoms with E-state index in [2.05, 4.69) is 5.32 Å². The summed E-state index contributed by atoms with van der Waals surface area (Å²) in [5, 5.41) is 2.85. The molecule has 1 amide bonds. The zero-order valence-electron chi connectivity index (χ0n) is 17.8. The van der Waals surface area contributed by atoms with E-state index in [0.717, 1.165) is 5.69 Å². The zero-order chi connectivity index (χ0) is 22.1. The van der Waals surface area contributed by atoms with Crippen molar-refractivity contribution in [2.45, 2.75) is 43.5 Å². The molecule has 6 nitrogen and oxygen atoms in total. The molecule has 0 aliphatic rings. The molecule has 0 atom stereocenters. The molecule has 0 radical (unpaired) electrons. The maximum Gasteiger partial charge on any atom is 0.260 e. The molecule has 0 bridgehead atoms. The van der Waals surface area contributed by atoms with Gasteiger partial charge in [-0.3, -0.25) is 4.79 Å². The summed E-state index contributed by atoms with van der Waals surface area (Å²) in [5.41, 5.74) is 1.73. The van der Waals surface area contributed by atoms with Crippen LogP contribution < -0.4 is 10.1 Å². The second kappa shape index (κ2) is 8.36. The van der Waals surface area contributed by atoms with Gasteiger partial charge in [-0.15, -0.1) is 0 Å². The number of hydrogen-bond donors (Lipinski definition) is 1. The fraction of sp³-hybridized carbons (Fsp3) is 0.261. The minimum Gasteiger partial charge on any atom is -0.496 e. The lowest BCUT2D eigenvalue weighted by Gasteiger charge is -2.18. The number of para-hydroxylation sites is 1. The number of rotatable bonds is 6. The predicted octanol–water partition coefficient (Wildman–Crippen LogP) is 4.78. The van der Waals surface area contributed by atoms with Crippen LogP contribution in [0.15, 0.2) is 64.4 Å². The van der Waals surface area contributed by atoms with E-state index in [0.29, 0.717) is 16.9 Å². The SMILES string of the molecule is COc1ccccc1C(=O)Nc1c(S(=O)(=O)c2ccccc2)c(C)c(C)n1C(C)C. The quantitative estimate of drug-likeness (QED) is 0.615. The van der Waals surface area contributed by atoms with Gasteiger partial charge in [-0.1, -0.05) is 30.3 Å². The van der Waals surface area contributed by atoms with Gasteiger partial charge >= 0.3 is 0 Å². The highest BCUT2D eigenvalue weighted by molar-refractivity contribution is 7.91. The highest BCUT2D eigenvalue weighted by Gasteiger charge is 2.31. The Balaban J connectivity index is 2.21. The number of nitrogens with zero attached hydrogens (tertiary/aromatic N) is 1. The Morgan fingerprint density at radius 3 is 2.20 bits per heavy atom. The molecule has 3 aromatic rings. The molecule has 1 heterocycles. The molecular formula is C23H26N2O4S. The van der Waals surface area contributed by atoms with Gasteiger partial charge in [-0.25, -0.2) is 8.42 Å². The number of ether oxygens (including phenoxy) is 1. The number of methoxy groups -OCH3 is 1. The van der Waals surface area contributed by atoms with Crippen LogP contribution in [0.2, 0.25) is 0 Å². The van der Waals surface area contributed by atoms with Crippen molar-refractivity contribution >= 4 is 21.6 Å². The molecule has 0 unspecified atom stereocenters. The van der Waals surface area contributed by atoms with E-state index in [-0.39, 0.29) is 21.7 Å². The van der Waals surface area contributed by atoms with Gasteiger partial charge in [0.05, 0.1) is 17.6 Å². The van der Waals surface area contributed by atoms with Crippen molar-refractivity contribution in [3.63, 3.8) is 0 Å². The van der Waals surface area contributed by atoms with Gasteiger partial charge in [0.15, 0.2) is 0 Å². The number of anilines is 1. The molecule has 0 aliphatic heterocycles. The lowest BCUT2D eigenvalue weighted by atomic mass is 10.2. The number of nitrogens with one attached hydrogen (secondary N) is 1. The predicted molar refractivity (Wildman–Crippen MR) is 117 cm³/mol. The van der Waals surface area contributed by atoms with Gasteiger partial charge in [-0.2, -0.15) is 0 Å². The molecule has 158 valence electrons. The number of carbonyl (C=O) groups excluding carboxylic acids is 1. The zero-order valence-corrected chi connectivity index (χ0v) is 18.6. The fourth-order valence-electron chi connectivity index (χ4n) is 3.62. The van der Waals surface area contributed by atoms with E-state index >= 15 is 0 Å². The Bertz CT molecular complexity index is 1180. The van der Waals surface area contributed by atoms with Gasteiger partial charge in [0.25, 0.3) is 5.91 Å². The minimum absolute atomic E-state index is 0.0589. The van der Waals surface area contributed by atoms with Crippen LogP contribution in [-0.4, -0.2) is 26.0 Å². The summed E-state index contributed by atoms with van der Waals surface area (Å²) in [5.74, 6) is 0.245. The third kappa shape index (κ3) is 3.73. The molecule has 2 aromatic carbocycles. The summed E-state index contributed by atoms with van der Waals surface area (Å²) in [6.45, 7) is 7.52. The van der Waals surface area contributed by atoms with Crippen LogP contribution in [0.5, 0.6) is 5.75 Å². The van der Waals surface area contributed by atoms with Crippen molar-refractivity contribution in [2.75, 3.05) is 12.4 Å². The van der Waals surface area contributed by atoms with Gasteiger partial charge in [-0.05, 0) is 57.5 Å². The van der Waals surface area contributed by atoms with Gasteiger partial charge in [0, 0.05) is 11.7 Å². The van der Waals surface area contributed by atoms with E-state index in [1.165, 1.54) is 7.11 Å². The van der Waals surface area contributed by atoms with Crippen molar-refractivity contribution in [3.05, 3.63) is 71.4 Å². The Morgan fingerprint density at radius 2 is 1.60 bits per heavy atom. The summed E-state index contributed by atoms with van der Waals surface area (Å²) in [6.07, 6.45) is 0. The maximum absolute atomic E-state index is 13.5. The molecule has 30 heavy (non-hydrogen) atoms. The van der Waals surface area contributed by atoms with E-state index in [9.17, 15) is 13.2 Å². The largest absolute Gasteiger partial charge is 0.496 e. The molecule has 1 aromatic heterocycles. The molecule has 0 saturated carbocycles. The first-order chi connectivity index (χ1) is 14.2. The molecule has 0 aliphatic carbocycles. The molecule has 7 heteroatoms. The van der Waals surface area contributed by atoms with Crippen LogP contribution in [0, 0.1) is 13.8 Å². The van der Waals surface area contributed by atoms with Crippen molar-refractivity contribution in [3.8, 4) is 5.75 Å². The van der Waals surface area contributed by atoms with Crippen molar-refractivity contribution in [1.29, 1.82) is 0 Å². The second-order valence-electron chi connectivity index (χ2n) is 7.32. The lowest BCUT2D eigenvalue weighted by Crippen LogP contribution is -2.19. The minimum atomic E-state index is -3.85. The smallest absolute Gasteiger partial charge is 0.260 e. The van der Waals surface area contributed by atoms with Gasteiger partial charge < -0.3 is 14.6 Å². The Hall–Kier alpha value is -3.06.